The Hall–Kier alpha value is -1.56. The number of aliphatic hydroxyl groups excluding tert-OH is 1. The van der Waals surface area contributed by atoms with Crippen molar-refractivity contribution in [2.24, 2.45) is 0 Å². The van der Waals surface area contributed by atoms with Gasteiger partial charge < -0.3 is 14.7 Å². The number of nitrogens with zero attached hydrogens (tertiary/aromatic N) is 3. The third kappa shape index (κ3) is 3.26. The monoisotopic (exact) mass is 267 g/mol. The smallest absolute Gasteiger partial charge is 0.410 e. The molecule has 0 aliphatic carbocycles. The minimum Gasteiger partial charge on any atom is -0.444 e. The molecule has 1 aliphatic rings. The summed E-state index contributed by atoms with van der Waals surface area (Å²) in [6.45, 7) is 6.64. The predicted octanol–water partition coefficient (Wildman–Crippen LogP) is 1.56. The third-order valence-electron chi connectivity index (χ3n) is 3.00. The van der Waals surface area contributed by atoms with Gasteiger partial charge in [0.1, 0.15) is 5.60 Å². The van der Waals surface area contributed by atoms with Crippen LogP contribution in [-0.2, 0) is 11.3 Å². The van der Waals surface area contributed by atoms with Gasteiger partial charge in [0.2, 0.25) is 0 Å². The highest BCUT2D eigenvalue weighted by Crippen LogP contribution is 2.24. The Labute approximate surface area is 113 Å². The molecule has 0 saturated heterocycles. The summed E-state index contributed by atoms with van der Waals surface area (Å²) >= 11 is 0. The maximum absolute atomic E-state index is 12.1. The standard InChI is InChI=1S/C13H21N3O3/c1-13(2,3)19-12(18)15-8-10-4-6-14-16(10)11(9-15)5-7-17/h4,6,11,17H,5,7-9H2,1-3H3/t11-/m0/s1. The Balaban J connectivity index is 2.12. The van der Waals surface area contributed by atoms with Crippen LogP contribution in [0.15, 0.2) is 12.3 Å². The van der Waals surface area contributed by atoms with Crippen LogP contribution in [0, 0.1) is 0 Å². The van der Waals surface area contributed by atoms with Gasteiger partial charge in [0.15, 0.2) is 0 Å². The first kappa shape index (κ1) is 13.9. The van der Waals surface area contributed by atoms with Crippen LogP contribution >= 0.6 is 0 Å². The second kappa shape index (κ2) is 5.21. The summed E-state index contributed by atoms with van der Waals surface area (Å²) < 4.78 is 7.28. The van der Waals surface area contributed by atoms with Gasteiger partial charge in [0.05, 0.1) is 18.3 Å². The van der Waals surface area contributed by atoms with Gasteiger partial charge in [-0.3, -0.25) is 4.68 Å². The first-order valence-electron chi connectivity index (χ1n) is 6.52. The Morgan fingerprint density at radius 1 is 1.58 bits per heavy atom. The van der Waals surface area contributed by atoms with Crippen molar-refractivity contribution in [1.82, 2.24) is 14.7 Å². The average molecular weight is 267 g/mol. The van der Waals surface area contributed by atoms with E-state index < -0.39 is 5.60 Å². The molecule has 0 aromatic carbocycles. The number of hydrogen-bond acceptors (Lipinski definition) is 4. The van der Waals surface area contributed by atoms with Gasteiger partial charge in [0.25, 0.3) is 0 Å². The minimum absolute atomic E-state index is 0.0104. The zero-order valence-electron chi connectivity index (χ0n) is 11.7. The first-order chi connectivity index (χ1) is 8.90. The molecule has 0 bridgehead atoms. The van der Waals surface area contributed by atoms with Gasteiger partial charge in [-0.2, -0.15) is 5.10 Å². The van der Waals surface area contributed by atoms with Crippen molar-refractivity contribution in [3.63, 3.8) is 0 Å². The van der Waals surface area contributed by atoms with Crippen LogP contribution in [-0.4, -0.2) is 44.6 Å². The average Bonchev–Trinajstić information content (AvgIpc) is 2.75. The van der Waals surface area contributed by atoms with Crippen LogP contribution in [0.3, 0.4) is 0 Å². The molecular formula is C13H21N3O3. The van der Waals surface area contributed by atoms with Gasteiger partial charge in [-0.1, -0.05) is 0 Å². The number of amides is 1. The van der Waals surface area contributed by atoms with Crippen molar-refractivity contribution in [2.45, 2.75) is 45.4 Å². The van der Waals surface area contributed by atoms with E-state index in [1.807, 2.05) is 31.5 Å². The Morgan fingerprint density at radius 3 is 2.95 bits per heavy atom. The maximum atomic E-state index is 12.1. The molecule has 1 aromatic heterocycles. The molecule has 0 saturated carbocycles. The molecule has 1 N–H and O–H groups in total. The lowest BCUT2D eigenvalue weighted by Gasteiger charge is -2.34. The molecule has 19 heavy (non-hydrogen) atoms. The molecule has 1 atom stereocenters. The van der Waals surface area contributed by atoms with E-state index in [9.17, 15) is 4.79 Å². The fourth-order valence-electron chi connectivity index (χ4n) is 2.22. The van der Waals surface area contributed by atoms with E-state index >= 15 is 0 Å². The number of carbonyl (C=O) groups excluding carboxylic acids is 1. The lowest BCUT2D eigenvalue weighted by molar-refractivity contribution is 0.0147. The summed E-state index contributed by atoms with van der Waals surface area (Å²) in [5.74, 6) is 0. The van der Waals surface area contributed by atoms with E-state index in [1.165, 1.54) is 0 Å². The third-order valence-corrected chi connectivity index (χ3v) is 3.00. The summed E-state index contributed by atoms with van der Waals surface area (Å²) in [7, 11) is 0. The highest BCUT2D eigenvalue weighted by molar-refractivity contribution is 5.68. The van der Waals surface area contributed by atoms with Gasteiger partial charge in [0, 0.05) is 19.3 Å². The van der Waals surface area contributed by atoms with Gasteiger partial charge in [-0.25, -0.2) is 4.79 Å². The van der Waals surface area contributed by atoms with E-state index in [-0.39, 0.29) is 18.7 Å². The molecule has 0 unspecified atom stereocenters. The maximum Gasteiger partial charge on any atom is 0.410 e. The molecule has 2 heterocycles. The highest BCUT2D eigenvalue weighted by atomic mass is 16.6. The molecule has 0 spiro atoms. The largest absolute Gasteiger partial charge is 0.444 e. The molecule has 6 nitrogen and oxygen atoms in total. The topological polar surface area (TPSA) is 67.6 Å². The van der Waals surface area contributed by atoms with E-state index in [4.69, 9.17) is 9.84 Å². The van der Waals surface area contributed by atoms with Crippen molar-refractivity contribution in [3.8, 4) is 0 Å². The van der Waals surface area contributed by atoms with Gasteiger partial charge in [-0.15, -0.1) is 0 Å². The molecule has 1 aliphatic heterocycles. The van der Waals surface area contributed by atoms with Crippen LogP contribution < -0.4 is 0 Å². The summed E-state index contributed by atoms with van der Waals surface area (Å²) in [6.07, 6.45) is 1.98. The van der Waals surface area contributed by atoms with Crippen LogP contribution in [0.1, 0.15) is 38.9 Å². The lowest BCUT2D eigenvalue weighted by Crippen LogP contribution is -2.43. The number of aromatic nitrogens is 2. The molecule has 1 aromatic rings. The molecular weight excluding hydrogens is 246 g/mol. The molecule has 0 radical (unpaired) electrons. The SMILES string of the molecule is CC(C)(C)OC(=O)N1Cc2ccnn2[C@@H](CCO)C1. The Bertz CT molecular complexity index is 450. The van der Waals surface area contributed by atoms with Crippen LogP contribution in [0.5, 0.6) is 0 Å². The van der Waals surface area contributed by atoms with Crippen LogP contribution in [0.2, 0.25) is 0 Å². The van der Waals surface area contributed by atoms with Crippen molar-refractivity contribution in [3.05, 3.63) is 18.0 Å². The number of fused-ring (bicyclic) bond motifs is 1. The molecule has 0 fully saturated rings. The number of hydrogen-bond donors (Lipinski definition) is 1. The number of ether oxygens (including phenoxy) is 1. The quantitative estimate of drug-likeness (QED) is 0.883. The predicted molar refractivity (Wildman–Crippen MR) is 69.6 cm³/mol. The van der Waals surface area contributed by atoms with E-state index in [1.54, 1.807) is 11.1 Å². The first-order valence-corrected chi connectivity index (χ1v) is 6.52. The Morgan fingerprint density at radius 2 is 2.32 bits per heavy atom. The zero-order chi connectivity index (χ0) is 14.0. The van der Waals surface area contributed by atoms with Crippen LogP contribution in [0.4, 0.5) is 4.79 Å². The lowest BCUT2D eigenvalue weighted by atomic mass is 10.1. The Kier molecular flexibility index (Phi) is 3.80. The summed E-state index contributed by atoms with van der Waals surface area (Å²) in [4.78, 5) is 13.8. The van der Waals surface area contributed by atoms with Crippen molar-refractivity contribution in [2.75, 3.05) is 13.2 Å². The number of aliphatic hydroxyl groups is 1. The van der Waals surface area contributed by atoms with E-state index in [2.05, 4.69) is 5.10 Å². The van der Waals surface area contributed by atoms with Crippen molar-refractivity contribution < 1.29 is 14.6 Å². The highest BCUT2D eigenvalue weighted by Gasteiger charge is 2.30. The number of carbonyl (C=O) groups is 1. The van der Waals surface area contributed by atoms with Crippen molar-refractivity contribution in [1.29, 1.82) is 0 Å². The summed E-state index contributed by atoms with van der Waals surface area (Å²) in [6, 6.07) is 1.90. The molecule has 2 rings (SSSR count). The van der Waals surface area contributed by atoms with Crippen LogP contribution in [0.25, 0.3) is 0 Å². The van der Waals surface area contributed by atoms with Crippen molar-refractivity contribution >= 4 is 6.09 Å². The summed E-state index contributed by atoms with van der Waals surface area (Å²) in [5.41, 5.74) is 0.469. The zero-order valence-corrected chi connectivity index (χ0v) is 11.7. The summed E-state index contributed by atoms with van der Waals surface area (Å²) in [5, 5.41) is 13.4. The fourth-order valence-corrected chi connectivity index (χ4v) is 2.22. The minimum atomic E-state index is -0.499. The van der Waals surface area contributed by atoms with Gasteiger partial charge in [-0.05, 0) is 33.3 Å². The number of rotatable bonds is 2. The van der Waals surface area contributed by atoms with Gasteiger partial charge >= 0.3 is 6.09 Å². The molecule has 1 amide bonds. The molecule has 6 heteroatoms. The normalized spacial score (nSPS) is 19.2. The second-order valence-corrected chi connectivity index (χ2v) is 5.79. The second-order valence-electron chi connectivity index (χ2n) is 5.79. The molecule has 106 valence electrons. The fraction of sp³-hybridized carbons (Fsp3) is 0.692. The van der Waals surface area contributed by atoms with E-state index in [0.717, 1.165) is 5.69 Å². The van der Waals surface area contributed by atoms with E-state index in [0.29, 0.717) is 19.5 Å².